The molecule has 0 fully saturated rings. The average Bonchev–Trinajstić information content (AvgIpc) is 2.03. The predicted molar refractivity (Wildman–Crippen MR) is 41.4 cm³/mol. The van der Waals surface area contributed by atoms with Crippen molar-refractivity contribution in [3.8, 4) is 0 Å². The fourth-order valence-electron chi connectivity index (χ4n) is 0.488. The zero-order valence-electron chi connectivity index (χ0n) is 6.73. The molecule has 0 aliphatic carbocycles. The van der Waals surface area contributed by atoms with Gasteiger partial charge in [0.25, 0.3) is 5.52 Å². The largest absolute Gasteiger partial charge is 0.400 e. The Hall–Kier alpha value is -0.440. The minimum Gasteiger partial charge on any atom is -0.306 e. The zero-order valence-corrected chi connectivity index (χ0v) is 7.63. The van der Waals surface area contributed by atoms with Crippen LogP contribution in [0, 0.1) is 0 Å². The van der Waals surface area contributed by atoms with Crippen LogP contribution in [0.2, 0.25) is 0 Å². The molecule has 0 aromatic heterocycles. The van der Waals surface area contributed by atoms with Gasteiger partial charge < -0.3 is 9.05 Å². The Bertz CT molecular complexity index is 201. The first-order valence-electron chi connectivity index (χ1n) is 2.99. The van der Waals surface area contributed by atoms with Crippen LogP contribution >= 0.6 is 7.60 Å². The predicted octanol–water partition coefficient (Wildman–Crippen LogP) is 1.57. The van der Waals surface area contributed by atoms with E-state index >= 15 is 0 Å². The second-order valence-electron chi connectivity index (χ2n) is 1.70. The summed E-state index contributed by atoms with van der Waals surface area (Å²) in [6.07, 6.45) is 2.64. The lowest BCUT2D eigenvalue weighted by molar-refractivity contribution is -0.109. The molecule has 0 aromatic carbocycles. The van der Waals surface area contributed by atoms with Gasteiger partial charge in [-0.15, -0.1) is 0 Å². The van der Waals surface area contributed by atoms with Crippen LogP contribution in [-0.4, -0.2) is 19.7 Å². The summed E-state index contributed by atoms with van der Waals surface area (Å²) < 4.78 is 20.1. The SMILES string of the molecule is C/C=C/C(=O)P(=O)(OC)OC. The molecular formula is C6H11O4P. The Morgan fingerprint density at radius 1 is 1.36 bits per heavy atom. The molecule has 0 heterocycles. The molecule has 0 radical (unpaired) electrons. The van der Waals surface area contributed by atoms with Crippen LogP contribution in [0.3, 0.4) is 0 Å². The van der Waals surface area contributed by atoms with Gasteiger partial charge in [0.15, 0.2) is 0 Å². The van der Waals surface area contributed by atoms with E-state index in [0.29, 0.717) is 0 Å². The van der Waals surface area contributed by atoms with Gasteiger partial charge in [0.2, 0.25) is 0 Å². The maximum absolute atomic E-state index is 11.2. The molecule has 0 N–H and O–H groups in total. The van der Waals surface area contributed by atoms with E-state index in [1.165, 1.54) is 20.3 Å². The van der Waals surface area contributed by atoms with Gasteiger partial charge in [-0.1, -0.05) is 6.08 Å². The molecule has 0 rings (SSSR count). The summed E-state index contributed by atoms with van der Waals surface area (Å²) >= 11 is 0. The zero-order chi connectivity index (χ0) is 8.91. The van der Waals surface area contributed by atoms with Crippen molar-refractivity contribution in [3.05, 3.63) is 12.2 Å². The van der Waals surface area contributed by atoms with Gasteiger partial charge in [-0.25, -0.2) is 0 Å². The first-order chi connectivity index (χ1) is 5.10. The van der Waals surface area contributed by atoms with Crippen LogP contribution in [0.4, 0.5) is 0 Å². The van der Waals surface area contributed by atoms with Crippen molar-refractivity contribution in [2.24, 2.45) is 0 Å². The van der Waals surface area contributed by atoms with Crippen molar-refractivity contribution < 1.29 is 18.4 Å². The van der Waals surface area contributed by atoms with E-state index < -0.39 is 13.1 Å². The summed E-state index contributed by atoms with van der Waals surface area (Å²) in [6, 6.07) is 0. The lowest BCUT2D eigenvalue weighted by Crippen LogP contribution is -1.99. The van der Waals surface area contributed by atoms with E-state index in [9.17, 15) is 9.36 Å². The third-order valence-corrected chi connectivity index (χ3v) is 2.71. The molecule has 0 aliphatic rings. The van der Waals surface area contributed by atoms with E-state index in [-0.39, 0.29) is 0 Å². The number of hydrogen-bond donors (Lipinski definition) is 0. The minimum absolute atomic E-state index is 0.634. The molecule has 0 aliphatic heterocycles. The van der Waals surface area contributed by atoms with Crippen molar-refractivity contribution in [3.63, 3.8) is 0 Å². The number of rotatable bonds is 4. The maximum Gasteiger partial charge on any atom is 0.400 e. The smallest absolute Gasteiger partial charge is 0.306 e. The molecule has 4 nitrogen and oxygen atoms in total. The van der Waals surface area contributed by atoms with Crippen molar-refractivity contribution in [1.29, 1.82) is 0 Å². The highest BCUT2D eigenvalue weighted by atomic mass is 31.2. The van der Waals surface area contributed by atoms with E-state index in [2.05, 4.69) is 9.05 Å². The molecule has 0 aromatic rings. The second kappa shape index (κ2) is 4.44. The summed E-state index contributed by atoms with van der Waals surface area (Å²) in [6.45, 7) is 1.65. The van der Waals surface area contributed by atoms with Gasteiger partial charge in [0.05, 0.1) is 0 Å². The minimum atomic E-state index is -3.51. The van der Waals surface area contributed by atoms with Crippen LogP contribution in [0.15, 0.2) is 12.2 Å². The van der Waals surface area contributed by atoms with Crippen molar-refractivity contribution >= 4 is 13.1 Å². The summed E-state index contributed by atoms with van der Waals surface area (Å²) in [5.74, 6) is 0. The Labute approximate surface area is 65.7 Å². The fourth-order valence-corrected chi connectivity index (χ4v) is 1.33. The van der Waals surface area contributed by atoms with E-state index in [0.717, 1.165) is 6.08 Å². The van der Waals surface area contributed by atoms with Gasteiger partial charge in [0.1, 0.15) is 0 Å². The lowest BCUT2D eigenvalue weighted by atomic mass is 10.6. The van der Waals surface area contributed by atoms with Gasteiger partial charge in [-0.3, -0.25) is 9.36 Å². The molecule has 0 saturated carbocycles. The third-order valence-electron chi connectivity index (χ3n) is 1.06. The van der Waals surface area contributed by atoms with Crippen LogP contribution in [-0.2, 0) is 18.4 Å². The molecule has 0 saturated heterocycles. The molecule has 0 atom stereocenters. The third kappa shape index (κ3) is 2.58. The molecule has 0 bridgehead atoms. The molecule has 0 spiro atoms. The molecule has 0 unspecified atom stereocenters. The first-order valence-corrected chi connectivity index (χ1v) is 4.53. The van der Waals surface area contributed by atoms with E-state index in [1.807, 2.05) is 0 Å². The Balaban J connectivity index is 4.52. The number of hydrogen-bond acceptors (Lipinski definition) is 4. The van der Waals surface area contributed by atoms with Crippen LogP contribution < -0.4 is 0 Å². The first kappa shape index (κ1) is 10.6. The van der Waals surface area contributed by atoms with E-state index in [1.54, 1.807) is 6.92 Å². The summed E-state index contributed by atoms with van der Waals surface area (Å²) in [7, 11) is -1.17. The van der Waals surface area contributed by atoms with Crippen LogP contribution in [0.1, 0.15) is 6.92 Å². The van der Waals surface area contributed by atoms with Gasteiger partial charge in [0, 0.05) is 14.2 Å². The highest BCUT2D eigenvalue weighted by Crippen LogP contribution is 2.47. The monoisotopic (exact) mass is 178 g/mol. The topological polar surface area (TPSA) is 52.6 Å². The lowest BCUT2D eigenvalue weighted by Gasteiger charge is -2.08. The number of carbonyl (C=O) groups is 1. The molecule has 5 heteroatoms. The van der Waals surface area contributed by atoms with Crippen molar-refractivity contribution in [2.75, 3.05) is 14.2 Å². The quantitative estimate of drug-likeness (QED) is 0.484. The normalized spacial score (nSPS) is 12.3. The standard InChI is InChI=1S/C6H11O4P/c1-4-5-6(7)11(8,9-2)10-3/h4-5H,1-3H3/b5-4+. The van der Waals surface area contributed by atoms with Crippen LogP contribution in [0.25, 0.3) is 0 Å². The Kier molecular flexibility index (Phi) is 4.26. The molecular weight excluding hydrogens is 167 g/mol. The summed E-state index contributed by atoms with van der Waals surface area (Å²) in [4.78, 5) is 10.9. The fraction of sp³-hybridized carbons (Fsp3) is 0.500. The molecule has 11 heavy (non-hydrogen) atoms. The van der Waals surface area contributed by atoms with Gasteiger partial charge >= 0.3 is 7.60 Å². The van der Waals surface area contributed by atoms with Gasteiger partial charge in [-0.2, -0.15) is 0 Å². The highest BCUT2D eigenvalue weighted by molar-refractivity contribution is 7.72. The number of allylic oxidation sites excluding steroid dienone is 2. The van der Waals surface area contributed by atoms with E-state index in [4.69, 9.17) is 0 Å². The summed E-state index contributed by atoms with van der Waals surface area (Å²) in [5, 5.41) is 0. The van der Waals surface area contributed by atoms with Crippen LogP contribution in [0.5, 0.6) is 0 Å². The maximum atomic E-state index is 11.2. The van der Waals surface area contributed by atoms with Crippen molar-refractivity contribution in [1.82, 2.24) is 0 Å². The Morgan fingerprint density at radius 2 is 1.82 bits per heavy atom. The van der Waals surface area contributed by atoms with Crippen molar-refractivity contribution in [2.45, 2.75) is 6.92 Å². The summed E-state index contributed by atoms with van der Waals surface area (Å²) in [5.41, 5.74) is -0.634. The highest BCUT2D eigenvalue weighted by Gasteiger charge is 2.29. The second-order valence-corrected chi connectivity index (χ2v) is 3.87. The molecule has 0 amide bonds. The number of carbonyl (C=O) groups excluding carboxylic acids is 1. The molecule has 64 valence electrons. The Morgan fingerprint density at radius 3 is 2.09 bits per heavy atom. The average molecular weight is 178 g/mol. The van der Waals surface area contributed by atoms with Gasteiger partial charge in [-0.05, 0) is 13.0 Å².